The van der Waals surface area contributed by atoms with Crippen molar-refractivity contribution in [3.8, 4) is 0 Å². The van der Waals surface area contributed by atoms with Gasteiger partial charge in [0.05, 0.1) is 5.69 Å². The fourth-order valence-electron chi connectivity index (χ4n) is 2.56. The molecule has 1 aliphatic heterocycles. The first-order chi connectivity index (χ1) is 8.88. The molecule has 0 saturated carbocycles. The van der Waals surface area contributed by atoms with Gasteiger partial charge in [-0.15, -0.1) is 0 Å². The van der Waals surface area contributed by atoms with Gasteiger partial charge in [-0.2, -0.15) is 0 Å². The summed E-state index contributed by atoms with van der Waals surface area (Å²) in [7, 11) is 0. The SMILES string of the molecule is CCCCN(Cc1ccccn1)CC1CCCN1. The highest BCUT2D eigenvalue weighted by molar-refractivity contribution is 5.03. The molecule has 1 unspecified atom stereocenters. The van der Waals surface area contributed by atoms with Gasteiger partial charge in [-0.25, -0.2) is 0 Å². The van der Waals surface area contributed by atoms with E-state index < -0.39 is 0 Å². The van der Waals surface area contributed by atoms with Crippen LogP contribution in [-0.2, 0) is 6.54 Å². The monoisotopic (exact) mass is 247 g/mol. The van der Waals surface area contributed by atoms with Gasteiger partial charge < -0.3 is 5.32 Å². The minimum atomic E-state index is 0.686. The quantitative estimate of drug-likeness (QED) is 0.802. The van der Waals surface area contributed by atoms with Crippen molar-refractivity contribution >= 4 is 0 Å². The van der Waals surface area contributed by atoms with Crippen LogP contribution in [0.2, 0.25) is 0 Å². The number of hydrogen-bond donors (Lipinski definition) is 1. The van der Waals surface area contributed by atoms with Crippen LogP contribution in [0.3, 0.4) is 0 Å². The molecule has 1 saturated heterocycles. The van der Waals surface area contributed by atoms with Crippen LogP contribution in [0.1, 0.15) is 38.3 Å². The fraction of sp³-hybridized carbons (Fsp3) is 0.667. The van der Waals surface area contributed by atoms with Gasteiger partial charge in [-0.1, -0.05) is 19.4 Å². The van der Waals surface area contributed by atoms with E-state index in [2.05, 4.69) is 34.3 Å². The summed E-state index contributed by atoms with van der Waals surface area (Å²) in [4.78, 5) is 6.99. The molecule has 3 nitrogen and oxygen atoms in total. The number of nitrogens with zero attached hydrogens (tertiary/aromatic N) is 2. The predicted molar refractivity (Wildman–Crippen MR) is 75.4 cm³/mol. The molecule has 2 rings (SSSR count). The van der Waals surface area contributed by atoms with Crippen LogP contribution in [-0.4, -0.2) is 35.6 Å². The highest BCUT2D eigenvalue weighted by atomic mass is 15.2. The fourth-order valence-corrected chi connectivity index (χ4v) is 2.56. The number of unbranched alkanes of at least 4 members (excludes halogenated alkanes) is 1. The third kappa shape index (κ3) is 4.39. The molecule has 18 heavy (non-hydrogen) atoms. The normalized spacial score (nSPS) is 19.6. The summed E-state index contributed by atoms with van der Waals surface area (Å²) < 4.78 is 0. The number of rotatable bonds is 7. The summed E-state index contributed by atoms with van der Waals surface area (Å²) in [6.07, 6.45) is 7.08. The second kappa shape index (κ2) is 7.49. The molecule has 0 bridgehead atoms. The second-order valence-corrected chi connectivity index (χ2v) is 5.20. The molecule has 1 fully saturated rings. The second-order valence-electron chi connectivity index (χ2n) is 5.20. The number of nitrogens with one attached hydrogen (secondary N) is 1. The predicted octanol–water partition coefficient (Wildman–Crippen LogP) is 2.44. The van der Waals surface area contributed by atoms with Crippen molar-refractivity contribution in [3.05, 3.63) is 30.1 Å². The molecular weight excluding hydrogens is 222 g/mol. The Bertz CT molecular complexity index is 320. The van der Waals surface area contributed by atoms with Crippen LogP contribution in [0.5, 0.6) is 0 Å². The van der Waals surface area contributed by atoms with Crippen LogP contribution in [0.15, 0.2) is 24.4 Å². The van der Waals surface area contributed by atoms with Crippen LogP contribution in [0.4, 0.5) is 0 Å². The minimum absolute atomic E-state index is 0.686. The molecule has 100 valence electrons. The van der Waals surface area contributed by atoms with Crippen LogP contribution >= 0.6 is 0 Å². The lowest BCUT2D eigenvalue weighted by Gasteiger charge is -2.25. The van der Waals surface area contributed by atoms with Crippen LogP contribution in [0, 0.1) is 0 Å². The van der Waals surface area contributed by atoms with Gasteiger partial charge in [0.25, 0.3) is 0 Å². The number of pyridine rings is 1. The van der Waals surface area contributed by atoms with Crippen molar-refractivity contribution in [2.45, 2.75) is 45.2 Å². The molecule has 0 aromatic carbocycles. The first kappa shape index (κ1) is 13.5. The van der Waals surface area contributed by atoms with Gasteiger partial charge in [0.2, 0.25) is 0 Å². The molecule has 0 radical (unpaired) electrons. The van der Waals surface area contributed by atoms with Crippen molar-refractivity contribution in [2.75, 3.05) is 19.6 Å². The Morgan fingerprint density at radius 1 is 1.44 bits per heavy atom. The molecular formula is C15H25N3. The van der Waals surface area contributed by atoms with Gasteiger partial charge in [0.1, 0.15) is 0 Å². The Hall–Kier alpha value is -0.930. The molecule has 0 spiro atoms. The summed E-state index contributed by atoms with van der Waals surface area (Å²) in [5.74, 6) is 0. The summed E-state index contributed by atoms with van der Waals surface area (Å²) >= 11 is 0. The molecule has 1 aliphatic rings. The topological polar surface area (TPSA) is 28.2 Å². The highest BCUT2D eigenvalue weighted by Crippen LogP contribution is 2.10. The third-order valence-electron chi connectivity index (χ3n) is 3.58. The summed E-state index contributed by atoms with van der Waals surface area (Å²) in [6, 6.07) is 6.87. The Morgan fingerprint density at radius 2 is 2.39 bits per heavy atom. The number of aromatic nitrogens is 1. The summed E-state index contributed by atoms with van der Waals surface area (Å²) in [5, 5.41) is 3.59. The van der Waals surface area contributed by atoms with E-state index in [1.165, 1.54) is 44.5 Å². The van der Waals surface area contributed by atoms with E-state index in [0.717, 1.165) is 13.1 Å². The van der Waals surface area contributed by atoms with Gasteiger partial charge in [0.15, 0.2) is 0 Å². The van der Waals surface area contributed by atoms with E-state index in [4.69, 9.17) is 0 Å². The lowest BCUT2D eigenvalue weighted by atomic mass is 10.2. The van der Waals surface area contributed by atoms with Crippen molar-refractivity contribution in [3.63, 3.8) is 0 Å². The highest BCUT2D eigenvalue weighted by Gasteiger charge is 2.17. The molecule has 1 N–H and O–H groups in total. The maximum Gasteiger partial charge on any atom is 0.0543 e. The first-order valence-electron chi connectivity index (χ1n) is 7.24. The zero-order chi connectivity index (χ0) is 12.6. The zero-order valence-electron chi connectivity index (χ0n) is 11.4. The Kier molecular flexibility index (Phi) is 5.62. The van der Waals surface area contributed by atoms with E-state index in [9.17, 15) is 0 Å². The van der Waals surface area contributed by atoms with Crippen LogP contribution < -0.4 is 5.32 Å². The molecule has 0 aliphatic carbocycles. The van der Waals surface area contributed by atoms with Crippen molar-refractivity contribution in [1.82, 2.24) is 15.2 Å². The standard InChI is InChI=1S/C15H25N3/c1-2-3-11-18(13-15-8-6-10-17-15)12-14-7-4-5-9-16-14/h4-5,7,9,15,17H,2-3,6,8,10-13H2,1H3. The lowest BCUT2D eigenvalue weighted by Crippen LogP contribution is -2.37. The summed E-state index contributed by atoms with van der Waals surface area (Å²) in [5.41, 5.74) is 1.19. The molecule has 1 atom stereocenters. The van der Waals surface area contributed by atoms with E-state index in [1.54, 1.807) is 0 Å². The van der Waals surface area contributed by atoms with Gasteiger partial charge >= 0.3 is 0 Å². The Balaban J connectivity index is 1.87. The molecule has 3 heteroatoms. The van der Waals surface area contributed by atoms with Gasteiger partial charge in [-0.3, -0.25) is 9.88 Å². The van der Waals surface area contributed by atoms with E-state index in [-0.39, 0.29) is 0 Å². The van der Waals surface area contributed by atoms with E-state index in [1.807, 2.05) is 12.3 Å². The average Bonchev–Trinajstić information content (AvgIpc) is 2.90. The smallest absolute Gasteiger partial charge is 0.0543 e. The molecule has 2 heterocycles. The summed E-state index contributed by atoms with van der Waals surface area (Å²) in [6.45, 7) is 6.78. The number of hydrogen-bond acceptors (Lipinski definition) is 3. The minimum Gasteiger partial charge on any atom is -0.313 e. The van der Waals surface area contributed by atoms with E-state index in [0.29, 0.717) is 6.04 Å². The molecule has 1 aromatic rings. The zero-order valence-corrected chi connectivity index (χ0v) is 11.4. The Morgan fingerprint density at radius 3 is 3.06 bits per heavy atom. The van der Waals surface area contributed by atoms with Crippen LogP contribution in [0.25, 0.3) is 0 Å². The van der Waals surface area contributed by atoms with Crippen molar-refractivity contribution < 1.29 is 0 Å². The largest absolute Gasteiger partial charge is 0.313 e. The average molecular weight is 247 g/mol. The first-order valence-corrected chi connectivity index (χ1v) is 7.24. The maximum absolute atomic E-state index is 4.44. The van der Waals surface area contributed by atoms with Gasteiger partial charge in [-0.05, 0) is 44.5 Å². The third-order valence-corrected chi connectivity index (χ3v) is 3.58. The molecule has 1 aromatic heterocycles. The Labute approximate surface area is 111 Å². The maximum atomic E-state index is 4.44. The van der Waals surface area contributed by atoms with Crippen molar-refractivity contribution in [2.24, 2.45) is 0 Å². The molecule has 0 amide bonds. The van der Waals surface area contributed by atoms with E-state index >= 15 is 0 Å². The van der Waals surface area contributed by atoms with Crippen molar-refractivity contribution in [1.29, 1.82) is 0 Å². The van der Waals surface area contributed by atoms with Gasteiger partial charge in [0, 0.05) is 25.3 Å². The lowest BCUT2D eigenvalue weighted by molar-refractivity contribution is 0.235.